The van der Waals surface area contributed by atoms with Crippen molar-refractivity contribution >= 4 is 17.6 Å². The lowest BCUT2D eigenvalue weighted by molar-refractivity contribution is -0.119. The lowest BCUT2D eigenvalue weighted by atomic mass is 10.1. The number of hydrogen-bond acceptors (Lipinski definition) is 6. The first kappa shape index (κ1) is 21.2. The molecule has 0 saturated heterocycles. The zero-order chi connectivity index (χ0) is 20.4. The minimum Gasteiger partial charge on any atom is -0.496 e. The van der Waals surface area contributed by atoms with Crippen LogP contribution >= 0.6 is 0 Å². The fraction of sp³-hybridized carbons (Fsp3) is 0.333. The van der Waals surface area contributed by atoms with Crippen LogP contribution in [0.4, 0.5) is 5.69 Å². The predicted octanol–water partition coefficient (Wildman–Crippen LogP) is 3.43. The van der Waals surface area contributed by atoms with Crippen LogP contribution in [0.1, 0.15) is 29.8 Å². The number of benzene rings is 2. The quantitative estimate of drug-likeness (QED) is 0.629. The molecule has 0 radical (unpaired) electrons. The highest BCUT2D eigenvalue weighted by Gasteiger charge is 2.13. The summed E-state index contributed by atoms with van der Waals surface area (Å²) in [7, 11) is 1.55. The summed E-state index contributed by atoms with van der Waals surface area (Å²) in [5.74, 6) is 0.315. The lowest BCUT2D eigenvalue weighted by Gasteiger charge is -2.11. The van der Waals surface area contributed by atoms with Gasteiger partial charge in [0.2, 0.25) is 0 Å². The van der Waals surface area contributed by atoms with Gasteiger partial charge in [-0.1, -0.05) is 0 Å². The van der Waals surface area contributed by atoms with E-state index in [1.54, 1.807) is 49.6 Å². The number of ether oxygens (including phenoxy) is 4. The molecule has 7 heteroatoms. The number of anilines is 1. The van der Waals surface area contributed by atoms with Gasteiger partial charge in [-0.3, -0.25) is 4.79 Å². The van der Waals surface area contributed by atoms with Crippen molar-refractivity contribution in [3.05, 3.63) is 53.6 Å². The van der Waals surface area contributed by atoms with Crippen LogP contribution in [0.15, 0.2) is 42.5 Å². The van der Waals surface area contributed by atoms with E-state index in [9.17, 15) is 9.59 Å². The molecular weight excluding hydrogens is 362 g/mol. The molecule has 0 unspecified atom stereocenters. The number of hydrogen-bond donors (Lipinski definition) is 1. The van der Waals surface area contributed by atoms with Gasteiger partial charge in [0.1, 0.15) is 11.5 Å². The molecule has 0 aromatic heterocycles. The molecule has 1 amide bonds. The first-order valence-corrected chi connectivity index (χ1v) is 9.01. The van der Waals surface area contributed by atoms with E-state index in [2.05, 4.69) is 5.32 Å². The van der Waals surface area contributed by atoms with Crippen molar-refractivity contribution in [3.63, 3.8) is 0 Å². The largest absolute Gasteiger partial charge is 0.496 e. The first-order chi connectivity index (χ1) is 13.6. The Morgan fingerprint density at radius 2 is 1.75 bits per heavy atom. The molecule has 2 aromatic carbocycles. The summed E-state index contributed by atoms with van der Waals surface area (Å²) in [6.45, 7) is 4.82. The molecule has 0 atom stereocenters. The number of methoxy groups -OCH3 is 1. The van der Waals surface area contributed by atoms with Gasteiger partial charge in [-0.25, -0.2) is 4.79 Å². The molecule has 0 bridgehead atoms. The molecule has 0 aliphatic rings. The van der Waals surface area contributed by atoms with Crippen LogP contribution < -0.4 is 14.8 Å². The van der Waals surface area contributed by atoms with Crippen LogP contribution in [0, 0.1) is 0 Å². The van der Waals surface area contributed by atoms with Gasteiger partial charge in [0.25, 0.3) is 5.91 Å². The monoisotopic (exact) mass is 387 g/mol. The van der Waals surface area contributed by atoms with E-state index < -0.39 is 18.5 Å². The molecule has 0 heterocycles. The average Bonchev–Trinajstić information content (AvgIpc) is 2.71. The van der Waals surface area contributed by atoms with E-state index in [0.717, 1.165) is 5.56 Å². The summed E-state index contributed by atoms with van der Waals surface area (Å²) in [6.07, 6.45) is 0. The molecular formula is C21H25NO6. The van der Waals surface area contributed by atoms with Gasteiger partial charge in [-0.2, -0.15) is 0 Å². The second-order valence-electron chi connectivity index (χ2n) is 5.75. The predicted molar refractivity (Wildman–Crippen MR) is 105 cm³/mol. The Bertz CT molecular complexity index is 788. The fourth-order valence-corrected chi connectivity index (χ4v) is 2.44. The summed E-state index contributed by atoms with van der Waals surface area (Å²) in [4.78, 5) is 24.3. The van der Waals surface area contributed by atoms with Gasteiger partial charge in [-0.15, -0.1) is 0 Å². The second kappa shape index (κ2) is 10.9. The van der Waals surface area contributed by atoms with Crippen LogP contribution in [-0.2, 0) is 20.9 Å². The second-order valence-corrected chi connectivity index (χ2v) is 5.75. The van der Waals surface area contributed by atoms with E-state index in [4.69, 9.17) is 18.9 Å². The first-order valence-electron chi connectivity index (χ1n) is 9.01. The van der Waals surface area contributed by atoms with Gasteiger partial charge in [0, 0.05) is 17.9 Å². The number of nitrogens with one attached hydrogen (secondary N) is 1. The molecule has 0 spiro atoms. The molecule has 1 N–H and O–H groups in total. The summed E-state index contributed by atoms with van der Waals surface area (Å²) >= 11 is 0. The Morgan fingerprint density at radius 1 is 1.00 bits per heavy atom. The zero-order valence-electron chi connectivity index (χ0n) is 16.3. The Kier molecular flexibility index (Phi) is 8.30. The molecule has 28 heavy (non-hydrogen) atoms. The lowest BCUT2D eigenvalue weighted by Crippen LogP contribution is -2.21. The van der Waals surface area contributed by atoms with Crippen LogP contribution in [0.3, 0.4) is 0 Å². The fourth-order valence-electron chi connectivity index (χ4n) is 2.44. The highest BCUT2D eigenvalue weighted by molar-refractivity contribution is 5.95. The molecule has 0 aliphatic carbocycles. The van der Waals surface area contributed by atoms with Crippen molar-refractivity contribution in [1.82, 2.24) is 0 Å². The molecule has 150 valence electrons. The Balaban J connectivity index is 1.91. The standard InChI is InChI=1S/C21H25NO6/c1-4-26-13-16-12-15(6-11-19(16)25-3)21(24)28-14-20(23)22-17-7-9-18(10-8-17)27-5-2/h6-12H,4-5,13-14H2,1-3H3,(H,22,23). The third kappa shape index (κ3) is 6.28. The third-order valence-electron chi connectivity index (χ3n) is 3.76. The maximum atomic E-state index is 12.2. The Labute approximate surface area is 164 Å². The number of carbonyl (C=O) groups is 2. The highest BCUT2D eigenvalue weighted by atomic mass is 16.5. The molecule has 2 rings (SSSR count). The van der Waals surface area contributed by atoms with Crippen molar-refractivity contribution < 1.29 is 28.5 Å². The molecule has 7 nitrogen and oxygen atoms in total. The van der Waals surface area contributed by atoms with Gasteiger partial charge in [0.15, 0.2) is 6.61 Å². The van der Waals surface area contributed by atoms with Crippen molar-refractivity contribution in [2.45, 2.75) is 20.5 Å². The summed E-state index contributed by atoms with van der Waals surface area (Å²) in [5.41, 5.74) is 1.65. The number of esters is 1. The van der Waals surface area contributed by atoms with Crippen molar-refractivity contribution in [3.8, 4) is 11.5 Å². The van der Waals surface area contributed by atoms with Gasteiger partial charge < -0.3 is 24.3 Å². The van der Waals surface area contributed by atoms with Crippen LogP contribution in [0.25, 0.3) is 0 Å². The smallest absolute Gasteiger partial charge is 0.338 e. The minimum atomic E-state index is -0.595. The summed E-state index contributed by atoms with van der Waals surface area (Å²) in [6, 6.07) is 11.8. The molecule has 0 fully saturated rings. The molecule has 2 aromatic rings. The minimum absolute atomic E-state index is 0.318. The van der Waals surface area contributed by atoms with Crippen molar-refractivity contribution in [2.75, 3.05) is 32.2 Å². The van der Waals surface area contributed by atoms with E-state index in [1.165, 1.54) is 0 Å². The van der Waals surface area contributed by atoms with Crippen molar-refractivity contribution in [2.24, 2.45) is 0 Å². The Morgan fingerprint density at radius 3 is 2.39 bits per heavy atom. The zero-order valence-corrected chi connectivity index (χ0v) is 16.3. The maximum absolute atomic E-state index is 12.2. The average molecular weight is 387 g/mol. The summed E-state index contributed by atoms with van der Waals surface area (Å²) in [5, 5.41) is 2.66. The number of rotatable bonds is 10. The van der Waals surface area contributed by atoms with Gasteiger partial charge in [-0.05, 0) is 56.3 Å². The van der Waals surface area contributed by atoms with E-state index in [1.807, 2.05) is 13.8 Å². The van der Waals surface area contributed by atoms with E-state index >= 15 is 0 Å². The highest BCUT2D eigenvalue weighted by Crippen LogP contribution is 2.21. The summed E-state index contributed by atoms with van der Waals surface area (Å²) < 4.78 is 21.1. The van der Waals surface area contributed by atoms with E-state index in [0.29, 0.717) is 42.6 Å². The third-order valence-corrected chi connectivity index (χ3v) is 3.76. The topological polar surface area (TPSA) is 83.1 Å². The van der Waals surface area contributed by atoms with Crippen LogP contribution in [0.5, 0.6) is 11.5 Å². The maximum Gasteiger partial charge on any atom is 0.338 e. The molecule has 0 saturated carbocycles. The SMILES string of the molecule is CCOCc1cc(C(=O)OCC(=O)Nc2ccc(OCC)cc2)ccc1OC. The number of amides is 1. The van der Waals surface area contributed by atoms with Gasteiger partial charge in [0.05, 0.1) is 25.9 Å². The van der Waals surface area contributed by atoms with Gasteiger partial charge >= 0.3 is 5.97 Å². The van der Waals surface area contributed by atoms with Crippen LogP contribution in [-0.4, -0.2) is 38.8 Å². The normalized spacial score (nSPS) is 10.2. The van der Waals surface area contributed by atoms with Crippen LogP contribution in [0.2, 0.25) is 0 Å². The Hall–Kier alpha value is -3.06. The number of carbonyl (C=O) groups excluding carboxylic acids is 2. The van der Waals surface area contributed by atoms with E-state index in [-0.39, 0.29) is 0 Å². The van der Waals surface area contributed by atoms with Crippen molar-refractivity contribution in [1.29, 1.82) is 0 Å². The molecule has 0 aliphatic heterocycles.